The zero-order chi connectivity index (χ0) is 58.4. The number of rotatable bonds is 8. The van der Waals surface area contributed by atoms with Gasteiger partial charge < -0.3 is 0 Å². The van der Waals surface area contributed by atoms with Crippen molar-refractivity contribution in [1.82, 2.24) is 0 Å². The van der Waals surface area contributed by atoms with Crippen LogP contribution in [0.5, 0.6) is 0 Å². The smallest absolute Gasteiger partial charge is 0.194 e. The van der Waals surface area contributed by atoms with E-state index in [1.165, 1.54) is 10.9 Å². The number of hydrogen-bond acceptors (Lipinski definition) is 1. The number of hydrogen-bond donors (Lipinski definition) is 0. The molecule has 29 heteroatoms. The van der Waals surface area contributed by atoms with Gasteiger partial charge in [0.1, 0.15) is 12.7 Å². The minimum absolute atomic E-state index is 0.355. The van der Waals surface area contributed by atoms with Crippen LogP contribution >= 0.6 is 0 Å². The van der Waals surface area contributed by atoms with Crippen molar-refractivity contribution in [3.05, 3.63) is 206 Å². The maximum Gasteiger partial charge on any atom is 0.416 e. The molecule has 0 radical (unpaired) electrons. The molecule has 0 atom stereocenters. The molecule has 0 amide bonds. The first-order valence-electron chi connectivity index (χ1n) is 21.5. The first-order valence-corrected chi connectivity index (χ1v) is 21.5. The number of halogens is 24. The van der Waals surface area contributed by atoms with E-state index in [0.29, 0.717) is 6.54 Å². The molecule has 0 aliphatic heterocycles. The second kappa shape index (κ2) is 21.0. The van der Waals surface area contributed by atoms with Gasteiger partial charge >= 0.3 is 49.4 Å². The van der Waals surface area contributed by atoms with Crippen molar-refractivity contribution in [2.75, 3.05) is 0 Å². The summed E-state index contributed by atoms with van der Waals surface area (Å²) in [5, 5.41) is 4.89. The molecule has 4 nitrogen and oxygen atoms in total. The summed E-state index contributed by atoms with van der Waals surface area (Å²) in [4.78, 5) is 2.87. The largest absolute Gasteiger partial charge is 0.416 e. The van der Waals surface area contributed by atoms with Crippen LogP contribution in [-0.4, -0.2) is 6.15 Å². The van der Waals surface area contributed by atoms with Gasteiger partial charge in [0.25, 0.3) is 0 Å². The Bertz CT molecular complexity index is 2920. The van der Waals surface area contributed by atoms with Gasteiger partial charge in [0, 0.05) is 28.0 Å². The average molecular weight is 1140 g/mol. The number of benzene rings is 6. The zero-order valence-electron chi connectivity index (χ0n) is 38.1. The van der Waals surface area contributed by atoms with Gasteiger partial charge in [-0.25, -0.2) is 0 Å². The van der Waals surface area contributed by atoms with E-state index in [2.05, 4.69) is 44.9 Å². The standard InChI is InChI=1S/C32H12BF24.C17H15N4/c34-25(35,36)13-1-14(26(37,38)39)6-21(5-13)33(22-7-15(27(40,41)42)2-16(8-22)28(43,44)45,23-9-17(29(46,47)48)3-18(10-23)30(49,50)51)24-11-19(31(52,53)54)4-20(12-24)32(55,56)57;18-20-19-12-16-11-10-15-8-4-5-9-17(15)21(16)13-14-6-2-1-3-7-14/h1-12H;1-11H,12-13H2/q-1;+1. The molecule has 7 aromatic rings. The Morgan fingerprint density at radius 1 is 0.359 bits per heavy atom. The van der Waals surface area contributed by atoms with Gasteiger partial charge in [0.05, 0.1) is 44.5 Å². The molecule has 1 aromatic heterocycles. The molecule has 0 unspecified atom stereocenters. The third kappa shape index (κ3) is 13.4. The van der Waals surface area contributed by atoms with Gasteiger partial charge in [0.15, 0.2) is 12.2 Å². The lowest BCUT2D eigenvalue weighted by atomic mass is 9.12. The predicted molar refractivity (Wildman–Crippen MR) is 233 cm³/mol. The summed E-state index contributed by atoms with van der Waals surface area (Å²) in [6, 6.07) is 13.8. The predicted octanol–water partition coefficient (Wildman–Crippen LogP) is 15.2. The zero-order valence-corrected chi connectivity index (χ0v) is 38.1. The summed E-state index contributed by atoms with van der Waals surface area (Å²) < 4.78 is 343. The Morgan fingerprint density at radius 3 is 0.923 bits per heavy atom. The number of azide groups is 1. The molecule has 0 bridgehead atoms. The number of para-hydroxylation sites is 1. The highest BCUT2D eigenvalue weighted by molar-refractivity contribution is 7.20. The van der Waals surface area contributed by atoms with Crippen LogP contribution in [0, 0.1) is 0 Å². The first kappa shape index (κ1) is 59.7. The fraction of sp³-hybridized carbons (Fsp3) is 0.204. The molecular formula is C49H27BF24N4. The monoisotopic (exact) mass is 1140 g/mol. The van der Waals surface area contributed by atoms with E-state index in [4.69, 9.17) is 5.53 Å². The highest BCUT2D eigenvalue weighted by atomic mass is 19.4. The normalized spacial score (nSPS) is 13.2. The number of aromatic nitrogens is 1. The molecule has 1 heterocycles. The van der Waals surface area contributed by atoms with Crippen molar-refractivity contribution < 1.29 is 110 Å². The van der Waals surface area contributed by atoms with Crippen LogP contribution in [0.2, 0.25) is 0 Å². The van der Waals surface area contributed by atoms with Crippen LogP contribution in [-0.2, 0) is 62.5 Å². The second-order valence-corrected chi connectivity index (χ2v) is 17.1. The highest BCUT2D eigenvalue weighted by Gasteiger charge is 2.47. The minimum Gasteiger partial charge on any atom is -0.194 e. The fourth-order valence-corrected chi connectivity index (χ4v) is 8.57. The van der Waals surface area contributed by atoms with Gasteiger partial charge in [-0.2, -0.15) is 132 Å². The third-order valence-corrected chi connectivity index (χ3v) is 11.9. The topological polar surface area (TPSA) is 52.6 Å². The molecule has 0 fully saturated rings. The summed E-state index contributed by atoms with van der Waals surface area (Å²) in [5.74, 6) is 0. The SMILES string of the molecule is FC(F)(F)c1cc([B-](c2cc(C(F)(F)F)cc(C(F)(F)F)c2)(c2cc(C(F)(F)F)cc(C(F)(F)F)c2)c2cc(C(F)(F)F)cc(C(F)(F)F)c2)cc(C(F)(F)F)c1.[N-]=[N+]=NCc1ccc2ccccc2[n+]1Cc1ccccc1. The minimum atomic E-state index is -6.13. The van der Waals surface area contributed by atoms with E-state index in [0.717, 1.165) is 17.8 Å². The lowest BCUT2D eigenvalue weighted by Crippen LogP contribution is -2.75. The van der Waals surface area contributed by atoms with Crippen molar-refractivity contribution >= 4 is 38.9 Å². The fourth-order valence-electron chi connectivity index (χ4n) is 8.57. The van der Waals surface area contributed by atoms with Crippen molar-refractivity contribution in [1.29, 1.82) is 0 Å². The molecular weight excluding hydrogens is 1110 g/mol. The van der Waals surface area contributed by atoms with E-state index in [-0.39, 0.29) is 0 Å². The summed E-state index contributed by atoms with van der Waals surface area (Å²) in [7, 11) is 0. The Kier molecular flexibility index (Phi) is 16.1. The average Bonchev–Trinajstić information content (AvgIpc) is 3.36. The molecule has 6 aromatic carbocycles. The summed E-state index contributed by atoms with van der Waals surface area (Å²) in [6.45, 7) is 1.12. The molecule has 414 valence electrons. The lowest BCUT2D eigenvalue weighted by Gasteiger charge is -2.46. The Balaban J connectivity index is 0.000000387. The summed E-state index contributed by atoms with van der Waals surface area (Å²) >= 11 is 0. The lowest BCUT2D eigenvalue weighted by molar-refractivity contribution is -0.670. The van der Waals surface area contributed by atoms with Gasteiger partial charge in [-0.05, 0) is 41.9 Å². The van der Waals surface area contributed by atoms with Gasteiger partial charge in [0.2, 0.25) is 5.52 Å². The summed E-state index contributed by atoms with van der Waals surface area (Å²) in [5.41, 5.74) is -18.3. The van der Waals surface area contributed by atoms with Crippen molar-refractivity contribution in [2.24, 2.45) is 5.11 Å². The van der Waals surface area contributed by atoms with E-state index >= 15 is 0 Å². The van der Waals surface area contributed by atoms with E-state index in [1.807, 2.05) is 36.4 Å². The molecule has 0 N–H and O–H groups in total. The Morgan fingerprint density at radius 2 is 0.641 bits per heavy atom. The third-order valence-electron chi connectivity index (χ3n) is 11.9. The Labute approximate surface area is 421 Å². The number of fused-ring (bicyclic) bond motifs is 1. The van der Waals surface area contributed by atoms with E-state index in [9.17, 15) is 105 Å². The molecule has 0 saturated heterocycles. The van der Waals surface area contributed by atoms with Gasteiger partial charge in [-0.3, -0.25) is 0 Å². The van der Waals surface area contributed by atoms with Crippen molar-refractivity contribution in [3.8, 4) is 0 Å². The molecule has 78 heavy (non-hydrogen) atoms. The summed E-state index contributed by atoms with van der Waals surface area (Å²) in [6.07, 6.45) is -54.8. The maximum absolute atomic E-state index is 14.2. The number of pyridine rings is 1. The molecule has 0 aliphatic carbocycles. The highest BCUT2D eigenvalue weighted by Crippen LogP contribution is 2.41. The maximum atomic E-state index is 14.2. The number of nitrogens with zero attached hydrogens (tertiary/aromatic N) is 4. The molecule has 0 aliphatic rings. The molecule has 0 saturated carbocycles. The van der Waals surface area contributed by atoms with Crippen LogP contribution in [0.15, 0.2) is 145 Å². The van der Waals surface area contributed by atoms with Crippen molar-refractivity contribution in [3.63, 3.8) is 0 Å². The quantitative estimate of drug-likeness (QED) is 0.0364. The Hall–Kier alpha value is -7.58. The van der Waals surface area contributed by atoms with Crippen LogP contribution in [0.3, 0.4) is 0 Å². The van der Waals surface area contributed by atoms with Crippen LogP contribution in [0.4, 0.5) is 105 Å². The van der Waals surface area contributed by atoms with Crippen molar-refractivity contribution in [2.45, 2.75) is 62.5 Å². The van der Waals surface area contributed by atoms with Gasteiger partial charge in [-0.15, -0.1) is 0 Å². The van der Waals surface area contributed by atoms with E-state index in [1.54, 1.807) is 0 Å². The second-order valence-electron chi connectivity index (χ2n) is 17.1. The molecule has 0 spiro atoms. The first-order chi connectivity index (χ1) is 35.6. The van der Waals surface area contributed by atoms with Crippen LogP contribution in [0.25, 0.3) is 21.3 Å². The van der Waals surface area contributed by atoms with Gasteiger partial charge in [-0.1, -0.05) is 96.1 Å². The number of alkyl halides is 24. The molecule has 7 rings (SSSR count). The van der Waals surface area contributed by atoms with Crippen LogP contribution < -0.4 is 26.4 Å². The van der Waals surface area contributed by atoms with Crippen LogP contribution in [0.1, 0.15) is 55.8 Å². The van der Waals surface area contributed by atoms with E-state index < -0.39 is 195 Å².